The number of hydrogen-bond donors (Lipinski definition) is 1. The van der Waals surface area contributed by atoms with E-state index in [1.54, 1.807) is 0 Å². The van der Waals surface area contributed by atoms with Gasteiger partial charge in [-0.3, -0.25) is 4.79 Å². The number of hydrogen-bond acceptors (Lipinski definition) is 2. The van der Waals surface area contributed by atoms with E-state index in [4.69, 9.17) is 4.74 Å². The predicted octanol–water partition coefficient (Wildman–Crippen LogP) is 5.04. The summed E-state index contributed by atoms with van der Waals surface area (Å²) in [5, 5.41) is 2.89. The van der Waals surface area contributed by atoms with Crippen LogP contribution in [0, 0.1) is 12.8 Å². The molecule has 3 nitrogen and oxygen atoms in total. The zero-order valence-electron chi connectivity index (χ0n) is 13.0. The van der Waals surface area contributed by atoms with Gasteiger partial charge in [0.15, 0.2) is 0 Å². The molecule has 2 rings (SSSR count). The highest BCUT2D eigenvalue weighted by Crippen LogP contribution is 2.21. The lowest BCUT2D eigenvalue weighted by Crippen LogP contribution is -2.12. The molecule has 0 aliphatic rings. The molecule has 0 atom stereocenters. The normalized spacial score (nSPS) is 10.6. The third kappa shape index (κ3) is 4.60. The molecule has 0 saturated carbocycles. The van der Waals surface area contributed by atoms with Crippen LogP contribution in [0.4, 0.5) is 5.69 Å². The fourth-order valence-corrected chi connectivity index (χ4v) is 2.24. The van der Waals surface area contributed by atoms with Crippen LogP contribution in [0.15, 0.2) is 46.9 Å². The number of rotatable bonds is 5. The monoisotopic (exact) mass is 361 g/mol. The molecule has 116 valence electrons. The minimum Gasteiger partial charge on any atom is -0.493 e. The third-order valence-corrected chi connectivity index (χ3v) is 3.96. The summed E-state index contributed by atoms with van der Waals surface area (Å²) in [4.78, 5) is 12.3. The highest BCUT2D eigenvalue weighted by Gasteiger charge is 2.08. The van der Waals surface area contributed by atoms with E-state index >= 15 is 0 Å². The number of halogens is 1. The largest absolute Gasteiger partial charge is 0.493 e. The highest BCUT2D eigenvalue weighted by atomic mass is 79.9. The van der Waals surface area contributed by atoms with Gasteiger partial charge in [0.25, 0.3) is 5.91 Å². The maximum Gasteiger partial charge on any atom is 0.255 e. The number of nitrogens with one attached hydrogen (secondary N) is 1. The second-order valence-electron chi connectivity index (χ2n) is 5.65. The van der Waals surface area contributed by atoms with Gasteiger partial charge in [-0.15, -0.1) is 0 Å². The van der Waals surface area contributed by atoms with Crippen LogP contribution in [0.2, 0.25) is 0 Å². The lowest BCUT2D eigenvalue weighted by atomic mass is 10.1. The number of aryl methyl sites for hydroxylation is 1. The second-order valence-corrected chi connectivity index (χ2v) is 6.51. The topological polar surface area (TPSA) is 38.3 Å². The average Bonchev–Trinajstić information content (AvgIpc) is 2.48. The molecule has 1 amide bonds. The summed E-state index contributed by atoms with van der Waals surface area (Å²) in [5.74, 6) is 1.08. The van der Waals surface area contributed by atoms with Crippen LogP contribution < -0.4 is 10.1 Å². The Bertz CT molecular complexity index is 668. The third-order valence-electron chi connectivity index (χ3n) is 3.11. The molecule has 0 aromatic heterocycles. The Labute approximate surface area is 139 Å². The van der Waals surface area contributed by atoms with Crippen molar-refractivity contribution in [2.45, 2.75) is 20.8 Å². The van der Waals surface area contributed by atoms with E-state index in [2.05, 4.69) is 35.1 Å². The molecule has 22 heavy (non-hydrogen) atoms. The fourth-order valence-electron chi connectivity index (χ4n) is 1.86. The van der Waals surface area contributed by atoms with Crippen LogP contribution in [0.3, 0.4) is 0 Å². The van der Waals surface area contributed by atoms with Crippen LogP contribution >= 0.6 is 15.9 Å². The van der Waals surface area contributed by atoms with Gasteiger partial charge >= 0.3 is 0 Å². The smallest absolute Gasteiger partial charge is 0.255 e. The molecule has 0 aliphatic heterocycles. The maximum atomic E-state index is 12.3. The first kappa shape index (κ1) is 16.6. The van der Waals surface area contributed by atoms with Gasteiger partial charge < -0.3 is 10.1 Å². The Morgan fingerprint density at radius 2 is 2.00 bits per heavy atom. The molecule has 0 radical (unpaired) electrons. The SMILES string of the molecule is Cc1ccc(C(=O)Nc2cccc(OCC(C)C)c2)cc1Br. The van der Waals surface area contributed by atoms with Gasteiger partial charge in [-0.25, -0.2) is 0 Å². The molecule has 0 fully saturated rings. The van der Waals surface area contributed by atoms with Crippen LogP contribution in [0.5, 0.6) is 5.75 Å². The van der Waals surface area contributed by atoms with Crippen LogP contribution in [0.25, 0.3) is 0 Å². The zero-order chi connectivity index (χ0) is 16.1. The van der Waals surface area contributed by atoms with E-state index in [-0.39, 0.29) is 5.91 Å². The van der Waals surface area contributed by atoms with Crippen LogP contribution in [-0.4, -0.2) is 12.5 Å². The van der Waals surface area contributed by atoms with Crippen molar-refractivity contribution in [3.8, 4) is 5.75 Å². The Hall–Kier alpha value is -1.81. The minimum atomic E-state index is -0.137. The summed E-state index contributed by atoms with van der Waals surface area (Å²) in [6.07, 6.45) is 0. The molecular weight excluding hydrogens is 342 g/mol. The van der Waals surface area contributed by atoms with Gasteiger partial charge in [0.2, 0.25) is 0 Å². The molecule has 0 aliphatic carbocycles. The first-order valence-corrected chi connectivity index (χ1v) is 8.05. The van der Waals surface area contributed by atoms with Gasteiger partial charge in [0.05, 0.1) is 6.61 Å². The molecule has 1 N–H and O–H groups in total. The number of carbonyl (C=O) groups excluding carboxylic acids is 1. The summed E-state index contributed by atoms with van der Waals surface area (Å²) < 4.78 is 6.60. The number of benzene rings is 2. The van der Waals surface area contributed by atoms with E-state index in [9.17, 15) is 4.79 Å². The Morgan fingerprint density at radius 1 is 1.23 bits per heavy atom. The van der Waals surface area contributed by atoms with E-state index < -0.39 is 0 Å². The fraction of sp³-hybridized carbons (Fsp3) is 0.278. The van der Waals surface area contributed by atoms with Crippen LogP contribution in [0.1, 0.15) is 29.8 Å². The van der Waals surface area contributed by atoms with Crippen molar-refractivity contribution in [1.82, 2.24) is 0 Å². The lowest BCUT2D eigenvalue weighted by molar-refractivity contribution is 0.102. The summed E-state index contributed by atoms with van der Waals surface area (Å²) >= 11 is 3.45. The molecule has 4 heteroatoms. The minimum absolute atomic E-state index is 0.137. The van der Waals surface area contributed by atoms with Gasteiger partial charge in [-0.1, -0.05) is 41.9 Å². The van der Waals surface area contributed by atoms with Crippen molar-refractivity contribution in [3.63, 3.8) is 0 Å². The quantitative estimate of drug-likeness (QED) is 0.809. The molecule has 0 unspecified atom stereocenters. The maximum absolute atomic E-state index is 12.3. The number of carbonyl (C=O) groups is 1. The molecule has 2 aromatic rings. The highest BCUT2D eigenvalue weighted by molar-refractivity contribution is 9.10. The summed E-state index contributed by atoms with van der Waals surface area (Å²) in [7, 11) is 0. The van der Waals surface area contributed by atoms with Crippen molar-refractivity contribution < 1.29 is 9.53 Å². The van der Waals surface area contributed by atoms with Crippen LogP contribution in [-0.2, 0) is 0 Å². The lowest BCUT2D eigenvalue weighted by Gasteiger charge is -2.11. The first-order chi connectivity index (χ1) is 10.5. The molecule has 0 bridgehead atoms. The van der Waals surface area contributed by atoms with Gasteiger partial charge in [-0.05, 0) is 42.7 Å². The summed E-state index contributed by atoms with van der Waals surface area (Å²) in [5.41, 5.74) is 2.44. The Balaban J connectivity index is 2.07. The van der Waals surface area contributed by atoms with E-state index in [1.165, 1.54) is 0 Å². The van der Waals surface area contributed by atoms with Crippen molar-refractivity contribution in [2.75, 3.05) is 11.9 Å². The van der Waals surface area contributed by atoms with Gasteiger partial charge in [0.1, 0.15) is 5.75 Å². The first-order valence-electron chi connectivity index (χ1n) is 7.26. The Morgan fingerprint density at radius 3 is 2.68 bits per heavy atom. The average molecular weight is 362 g/mol. The molecule has 2 aromatic carbocycles. The second kappa shape index (κ2) is 7.45. The molecule has 0 spiro atoms. The van der Waals surface area contributed by atoms with E-state index in [0.29, 0.717) is 18.1 Å². The van der Waals surface area contributed by atoms with Crippen molar-refractivity contribution in [2.24, 2.45) is 5.92 Å². The number of anilines is 1. The molecule has 0 saturated heterocycles. The van der Waals surface area contributed by atoms with Crippen molar-refractivity contribution >= 4 is 27.5 Å². The van der Waals surface area contributed by atoms with Crippen molar-refractivity contribution in [3.05, 3.63) is 58.1 Å². The standard InChI is InChI=1S/C18H20BrNO2/c1-12(2)11-22-16-6-4-5-15(10-16)20-18(21)14-8-7-13(3)17(19)9-14/h4-10,12H,11H2,1-3H3,(H,20,21). The Kier molecular flexibility index (Phi) is 5.61. The summed E-state index contributed by atoms with van der Waals surface area (Å²) in [6.45, 7) is 6.84. The van der Waals surface area contributed by atoms with E-state index in [0.717, 1.165) is 21.5 Å². The van der Waals surface area contributed by atoms with E-state index in [1.807, 2.05) is 49.4 Å². The molecular formula is C18H20BrNO2. The predicted molar refractivity (Wildman–Crippen MR) is 93.6 cm³/mol. The van der Waals surface area contributed by atoms with Gasteiger partial charge in [0, 0.05) is 21.8 Å². The zero-order valence-corrected chi connectivity index (χ0v) is 14.6. The molecule has 0 heterocycles. The summed E-state index contributed by atoms with van der Waals surface area (Å²) in [6, 6.07) is 13.0. The number of ether oxygens (including phenoxy) is 1. The van der Waals surface area contributed by atoms with Gasteiger partial charge in [-0.2, -0.15) is 0 Å². The number of amides is 1. The van der Waals surface area contributed by atoms with Crippen molar-refractivity contribution in [1.29, 1.82) is 0 Å².